The van der Waals surface area contributed by atoms with Crippen LogP contribution in [0.1, 0.15) is 26.7 Å². The number of carbonyl (C=O) groups is 2. The number of nitrogens with one attached hydrogen (secondary N) is 2. The molecule has 0 aliphatic rings. The SMILES string of the molecule is CCC[C@H](NC(=O)Nc1cccc(OCC)c1)C(=O)O. The highest BCUT2D eigenvalue weighted by Crippen LogP contribution is 2.17. The topological polar surface area (TPSA) is 87.7 Å². The molecule has 1 atom stereocenters. The smallest absolute Gasteiger partial charge is 0.326 e. The Morgan fingerprint density at radius 1 is 1.35 bits per heavy atom. The van der Waals surface area contributed by atoms with Crippen LogP contribution in [0.15, 0.2) is 24.3 Å². The zero-order valence-electron chi connectivity index (χ0n) is 11.7. The van der Waals surface area contributed by atoms with Crippen molar-refractivity contribution in [1.29, 1.82) is 0 Å². The van der Waals surface area contributed by atoms with Crippen molar-refractivity contribution in [3.05, 3.63) is 24.3 Å². The lowest BCUT2D eigenvalue weighted by Gasteiger charge is -2.14. The lowest BCUT2D eigenvalue weighted by Crippen LogP contribution is -2.42. The fraction of sp³-hybridized carbons (Fsp3) is 0.429. The van der Waals surface area contributed by atoms with Crippen molar-refractivity contribution in [2.45, 2.75) is 32.7 Å². The van der Waals surface area contributed by atoms with E-state index in [1.54, 1.807) is 24.3 Å². The number of anilines is 1. The molecule has 0 saturated carbocycles. The van der Waals surface area contributed by atoms with E-state index in [4.69, 9.17) is 9.84 Å². The highest BCUT2D eigenvalue weighted by atomic mass is 16.5. The van der Waals surface area contributed by atoms with Crippen LogP contribution in [0.3, 0.4) is 0 Å². The molecule has 2 amide bonds. The summed E-state index contributed by atoms with van der Waals surface area (Å²) >= 11 is 0. The molecule has 0 aliphatic carbocycles. The van der Waals surface area contributed by atoms with E-state index >= 15 is 0 Å². The highest BCUT2D eigenvalue weighted by Gasteiger charge is 2.18. The van der Waals surface area contributed by atoms with Gasteiger partial charge in [0.25, 0.3) is 0 Å². The van der Waals surface area contributed by atoms with E-state index in [1.165, 1.54) is 0 Å². The number of hydrogen-bond acceptors (Lipinski definition) is 3. The van der Waals surface area contributed by atoms with Crippen LogP contribution in [0, 0.1) is 0 Å². The van der Waals surface area contributed by atoms with Gasteiger partial charge in [-0.2, -0.15) is 0 Å². The van der Waals surface area contributed by atoms with Gasteiger partial charge in [-0.15, -0.1) is 0 Å². The number of carboxylic acid groups (broad SMARTS) is 1. The van der Waals surface area contributed by atoms with Crippen LogP contribution in [0.2, 0.25) is 0 Å². The number of aliphatic carboxylic acids is 1. The van der Waals surface area contributed by atoms with Gasteiger partial charge in [0.05, 0.1) is 6.61 Å². The summed E-state index contributed by atoms with van der Waals surface area (Å²) in [5.74, 6) is -0.390. The Bertz CT molecular complexity index is 462. The maximum absolute atomic E-state index is 11.7. The van der Waals surface area contributed by atoms with Crippen molar-refractivity contribution in [2.24, 2.45) is 0 Å². The first-order chi connectivity index (χ1) is 9.56. The summed E-state index contributed by atoms with van der Waals surface area (Å²) in [6, 6.07) is 5.50. The minimum atomic E-state index is -1.04. The minimum Gasteiger partial charge on any atom is -0.494 e. The Labute approximate surface area is 118 Å². The van der Waals surface area contributed by atoms with Gasteiger partial charge in [-0.25, -0.2) is 9.59 Å². The number of carboxylic acids is 1. The Morgan fingerprint density at radius 3 is 2.70 bits per heavy atom. The van der Waals surface area contributed by atoms with Gasteiger partial charge in [0.2, 0.25) is 0 Å². The fourth-order valence-electron chi connectivity index (χ4n) is 1.70. The molecule has 0 fully saturated rings. The Balaban J connectivity index is 2.61. The standard InChI is InChI=1S/C14H20N2O4/c1-3-6-12(13(17)18)16-14(19)15-10-7-5-8-11(9-10)20-4-2/h5,7-9,12H,3-4,6H2,1-2H3,(H,17,18)(H2,15,16,19)/t12-/m0/s1. The monoisotopic (exact) mass is 280 g/mol. The van der Waals surface area contributed by atoms with E-state index in [9.17, 15) is 9.59 Å². The number of rotatable bonds is 7. The zero-order valence-corrected chi connectivity index (χ0v) is 11.7. The third-order valence-corrected chi connectivity index (χ3v) is 2.58. The largest absolute Gasteiger partial charge is 0.494 e. The lowest BCUT2D eigenvalue weighted by atomic mass is 10.2. The predicted octanol–water partition coefficient (Wildman–Crippen LogP) is 2.46. The number of carbonyl (C=O) groups excluding carboxylic acids is 1. The second-order valence-electron chi connectivity index (χ2n) is 4.24. The average molecular weight is 280 g/mol. The number of ether oxygens (including phenoxy) is 1. The van der Waals surface area contributed by atoms with E-state index in [-0.39, 0.29) is 0 Å². The van der Waals surface area contributed by atoms with Crippen LogP contribution in [0.4, 0.5) is 10.5 Å². The maximum atomic E-state index is 11.7. The lowest BCUT2D eigenvalue weighted by molar-refractivity contribution is -0.139. The first kappa shape index (κ1) is 15.8. The van der Waals surface area contributed by atoms with E-state index < -0.39 is 18.0 Å². The molecule has 0 spiro atoms. The quantitative estimate of drug-likeness (QED) is 0.716. The van der Waals surface area contributed by atoms with Gasteiger partial charge in [0, 0.05) is 11.8 Å². The molecule has 0 bridgehead atoms. The number of urea groups is 1. The molecule has 20 heavy (non-hydrogen) atoms. The Kier molecular flexibility index (Phi) is 6.36. The molecule has 0 aliphatic heterocycles. The third-order valence-electron chi connectivity index (χ3n) is 2.58. The molecule has 1 aromatic rings. The van der Waals surface area contributed by atoms with Crippen molar-refractivity contribution < 1.29 is 19.4 Å². The summed E-state index contributed by atoms with van der Waals surface area (Å²) in [5, 5.41) is 14.0. The average Bonchev–Trinajstić information content (AvgIpc) is 2.38. The van der Waals surface area contributed by atoms with Gasteiger partial charge in [0.1, 0.15) is 11.8 Å². The number of amides is 2. The molecule has 0 unspecified atom stereocenters. The van der Waals surface area contributed by atoms with Crippen LogP contribution < -0.4 is 15.4 Å². The van der Waals surface area contributed by atoms with Crippen molar-refractivity contribution in [2.75, 3.05) is 11.9 Å². The summed E-state index contributed by atoms with van der Waals surface area (Å²) < 4.78 is 5.32. The van der Waals surface area contributed by atoms with E-state index in [2.05, 4.69) is 10.6 Å². The zero-order chi connectivity index (χ0) is 15.0. The first-order valence-corrected chi connectivity index (χ1v) is 6.60. The van der Waals surface area contributed by atoms with Gasteiger partial charge in [-0.05, 0) is 25.5 Å². The first-order valence-electron chi connectivity index (χ1n) is 6.60. The molecule has 0 radical (unpaired) electrons. The normalized spacial score (nSPS) is 11.5. The second kappa shape index (κ2) is 8.04. The van der Waals surface area contributed by atoms with Crippen LogP contribution in [0.25, 0.3) is 0 Å². The number of hydrogen-bond donors (Lipinski definition) is 3. The summed E-state index contributed by atoms with van der Waals surface area (Å²) in [5.41, 5.74) is 0.550. The molecule has 6 nitrogen and oxygen atoms in total. The van der Waals surface area contributed by atoms with Crippen molar-refractivity contribution in [1.82, 2.24) is 5.32 Å². The molecule has 6 heteroatoms. The second-order valence-corrected chi connectivity index (χ2v) is 4.24. The molecule has 0 aromatic heterocycles. The Morgan fingerprint density at radius 2 is 2.10 bits per heavy atom. The fourth-order valence-corrected chi connectivity index (χ4v) is 1.70. The van der Waals surface area contributed by atoms with Gasteiger partial charge < -0.3 is 20.5 Å². The van der Waals surface area contributed by atoms with Crippen LogP contribution in [-0.4, -0.2) is 29.8 Å². The molecule has 1 aromatic carbocycles. The molecule has 1 rings (SSSR count). The summed E-state index contributed by atoms with van der Waals surface area (Å²) in [7, 11) is 0. The van der Waals surface area contributed by atoms with Crippen LogP contribution in [0.5, 0.6) is 5.75 Å². The highest BCUT2D eigenvalue weighted by molar-refractivity contribution is 5.92. The van der Waals surface area contributed by atoms with Gasteiger partial charge in [0.15, 0.2) is 0 Å². The predicted molar refractivity (Wildman–Crippen MR) is 76.1 cm³/mol. The third kappa shape index (κ3) is 5.17. The molecule has 110 valence electrons. The Hall–Kier alpha value is -2.24. The molecule has 0 saturated heterocycles. The van der Waals surface area contributed by atoms with E-state index in [0.717, 1.165) is 0 Å². The summed E-state index contributed by atoms with van der Waals surface area (Å²) in [6.45, 7) is 4.27. The van der Waals surface area contributed by atoms with Crippen LogP contribution in [-0.2, 0) is 4.79 Å². The van der Waals surface area contributed by atoms with Gasteiger partial charge in [-0.1, -0.05) is 19.4 Å². The molecule has 0 heterocycles. The van der Waals surface area contributed by atoms with E-state index in [0.29, 0.717) is 30.9 Å². The van der Waals surface area contributed by atoms with Gasteiger partial charge in [-0.3, -0.25) is 0 Å². The minimum absolute atomic E-state index is 0.391. The molecular formula is C14H20N2O4. The molecular weight excluding hydrogens is 260 g/mol. The molecule has 3 N–H and O–H groups in total. The van der Waals surface area contributed by atoms with Gasteiger partial charge >= 0.3 is 12.0 Å². The van der Waals surface area contributed by atoms with Crippen molar-refractivity contribution in [3.8, 4) is 5.75 Å². The summed E-state index contributed by atoms with van der Waals surface area (Å²) in [6.07, 6.45) is 1.07. The maximum Gasteiger partial charge on any atom is 0.326 e. The van der Waals surface area contributed by atoms with Crippen molar-refractivity contribution >= 4 is 17.7 Å². The van der Waals surface area contributed by atoms with Crippen molar-refractivity contribution in [3.63, 3.8) is 0 Å². The van der Waals surface area contributed by atoms with Crippen LogP contribution >= 0.6 is 0 Å². The number of benzene rings is 1. The van der Waals surface area contributed by atoms with E-state index in [1.807, 2.05) is 13.8 Å². The summed E-state index contributed by atoms with van der Waals surface area (Å²) in [4.78, 5) is 22.7.